The lowest BCUT2D eigenvalue weighted by Crippen LogP contribution is -2.48. The predicted molar refractivity (Wildman–Crippen MR) is 187 cm³/mol. The molecule has 1 aliphatic rings. The van der Waals surface area contributed by atoms with E-state index in [1.165, 1.54) is 0 Å². The summed E-state index contributed by atoms with van der Waals surface area (Å²) in [6.45, 7) is 7.31. The van der Waals surface area contributed by atoms with Crippen molar-refractivity contribution in [3.8, 4) is 16.9 Å². The zero-order chi connectivity index (χ0) is 31.7. The second-order valence-electron chi connectivity index (χ2n) is 10.7. The van der Waals surface area contributed by atoms with Gasteiger partial charge in [0.2, 0.25) is 5.95 Å². The maximum atomic E-state index is 12.1. The van der Waals surface area contributed by atoms with E-state index in [1.54, 1.807) is 36.6 Å². The number of anilines is 5. The number of nitrogens with one attached hydrogen (secondary N) is 2. The lowest BCUT2D eigenvalue weighted by atomic mass is 10.0. The van der Waals surface area contributed by atoms with E-state index in [4.69, 9.17) is 9.72 Å². The molecule has 1 aliphatic heterocycles. The van der Waals surface area contributed by atoms with Gasteiger partial charge in [-0.15, -0.1) is 4.31 Å². The number of piperazine rings is 1. The van der Waals surface area contributed by atoms with Crippen LogP contribution in [0.4, 0.5) is 28.8 Å². The van der Waals surface area contributed by atoms with Gasteiger partial charge >= 0.3 is 0 Å². The Morgan fingerprint density at radius 1 is 1.00 bits per heavy atom. The number of aryl methyl sites for hydroxylation is 1. The first kappa shape index (κ1) is 31.4. The van der Waals surface area contributed by atoms with Crippen LogP contribution in [0.1, 0.15) is 0 Å². The largest absolute Gasteiger partial charge is 0.598 e. The predicted octanol–water partition coefficient (Wildman–Crippen LogP) is 4.86. The van der Waals surface area contributed by atoms with Crippen LogP contribution in [-0.4, -0.2) is 91.4 Å². The molecule has 2 aromatic carbocycles. The van der Waals surface area contributed by atoms with Gasteiger partial charge in [0.25, 0.3) is 0 Å². The third-order valence-electron chi connectivity index (χ3n) is 7.58. The van der Waals surface area contributed by atoms with Crippen LogP contribution in [0.25, 0.3) is 22.2 Å². The average Bonchev–Trinajstić information content (AvgIpc) is 3.48. The second kappa shape index (κ2) is 13.4. The third-order valence-corrected chi connectivity index (χ3v) is 10.6. The Balaban J connectivity index is 1.34. The summed E-state index contributed by atoms with van der Waals surface area (Å²) in [5.41, 5.74) is 6.38. The third kappa shape index (κ3) is 6.70. The van der Waals surface area contributed by atoms with Crippen LogP contribution in [-0.2, 0) is 18.4 Å². The molecule has 45 heavy (non-hydrogen) atoms. The van der Waals surface area contributed by atoms with Crippen LogP contribution in [0.15, 0.2) is 59.7 Å². The van der Waals surface area contributed by atoms with E-state index >= 15 is 0 Å². The summed E-state index contributed by atoms with van der Waals surface area (Å²) >= 11 is 2.63. The van der Waals surface area contributed by atoms with E-state index in [0.717, 1.165) is 56.4 Å². The SMILES string of the molecule is COc1cc(N2CCN([S+](C)[O-])CC2)c(-c2cnn(C)c2)cc1Nc1ncc(Br)c(Nc2ccc3nccnc3c2P(C)C)n1. The lowest BCUT2D eigenvalue weighted by Gasteiger charge is -2.36. The maximum Gasteiger partial charge on any atom is 0.229 e. The molecule has 0 amide bonds. The average molecular weight is 710 g/mol. The number of halogens is 1. The minimum absolute atomic E-state index is 0.403. The molecule has 5 aromatic rings. The lowest BCUT2D eigenvalue weighted by molar-refractivity contribution is 0.387. The normalized spacial score (nSPS) is 14.6. The minimum Gasteiger partial charge on any atom is -0.598 e. The van der Waals surface area contributed by atoms with E-state index in [0.29, 0.717) is 36.3 Å². The minimum atomic E-state index is -0.990. The highest BCUT2D eigenvalue weighted by Crippen LogP contribution is 2.41. The number of rotatable bonds is 9. The zero-order valence-electron chi connectivity index (χ0n) is 25.7. The number of hydrogen-bond donors (Lipinski definition) is 2. The smallest absolute Gasteiger partial charge is 0.229 e. The number of hydrogen-bond acceptors (Lipinski definition) is 11. The van der Waals surface area contributed by atoms with Crippen LogP contribution in [0.3, 0.4) is 0 Å². The van der Waals surface area contributed by atoms with Crippen molar-refractivity contribution in [1.82, 2.24) is 34.0 Å². The maximum absolute atomic E-state index is 12.1. The number of fused-ring (bicyclic) bond motifs is 1. The highest BCUT2D eigenvalue weighted by molar-refractivity contribution is 9.10. The van der Waals surface area contributed by atoms with Gasteiger partial charge in [0, 0.05) is 90.2 Å². The quantitative estimate of drug-likeness (QED) is 0.161. The summed E-state index contributed by atoms with van der Waals surface area (Å²) in [6.07, 6.45) is 10.7. The van der Waals surface area contributed by atoms with Crippen LogP contribution >= 0.6 is 23.9 Å². The molecule has 4 heterocycles. The summed E-state index contributed by atoms with van der Waals surface area (Å²) in [5, 5.41) is 12.4. The van der Waals surface area contributed by atoms with E-state index in [2.05, 4.69) is 70.9 Å². The molecule has 1 fully saturated rings. The molecule has 0 saturated carbocycles. The first-order chi connectivity index (χ1) is 21.7. The summed E-state index contributed by atoms with van der Waals surface area (Å²) in [6, 6.07) is 8.08. The molecule has 3 aromatic heterocycles. The van der Waals surface area contributed by atoms with Gasteiger partial charge < -0.3 is 24.8 Å². The van der Waals surface area contributed by atoms with Gasteiger partial charge in [-0.1, -0.05) is 7.92 Å². The van der Waals surface area contributed by atoms with Crippen LogP contribution in [0.2, 0.25) is 0 Å². The summed E-state index contributed by atoms with van der Waals surface area (Å²) in [7, 11) is 3.05. The Morgan fingerprint density at radius 2 is 1.78 bits per heavy atom. The first-order valence-corrected chi connectivity index (χ1v) is 18.8. The fraction of sp³-hybridized carbons (Fsp3) is 0.300. The van der Waals surface area contributed by atoms with Crippen LogP contribution in [0.5, 0.6) is 5.75 Å². The summed E-state index contributed by atoms with van der Waals surface area (Å²) in [4.78, 5) is 20.8. The van der Waals surface area contributed by atoms with Crippen molar-refractivity contribution in [1.29, 1.82) is 0 Å². The molecule has 15 heteroatoms. The Morgan fingerprint density at radius 3 is 2.47 bits per heavy atom. The molecule has 6 rings (SSSR count). The van der Waals surface area contributed by atoms with Crippen LogP contribution in [0, 0.1) is 0 Å². The highest BCUT2D eigenvalue weighted by atomic mass is 79.9. The van der Waals surface area contributed by atoms with E-state index in [1.807, 2.05) is 41.9 Å². The Kier molecular flexibility index (Phi) is 9.39. The number of methoxy groups -OCH3 is 1. The molecule has 0 radical (unpaired) electrons. The Hall–Kier alpha value is -3.55. The van der Waals surface area contributed by atoms with Gasteiger partial charge in [0.05, 0.1) is 47.6 Å². The zero-order valence-corrected chi connectivity index (χ0v) is 28.9. The molecule has 0 bridgehead atoms. The molecule has 2 N–H and O–H groups in total. The van der Waals surface area contributed by atoms with Gasteiger partial charge in [0.15, 0.2) is 0 Å². The topological polar surface area (TPSA) is 132 Å². The number of aromatic nitrogens is 6. The first-order valence-electron chi connectivity index (χ1n) is 14.2. The molecule has 0 spiro atoms. The van der Waals surface area contributed by atoms with E-state index < -0.39 is 19.3 Å². The molecule has 234 valence electrons. The molecule has 1 saturated heterocycles. The fourth-order valence-corrected chi connectivity index (χ4v) is 7.59. The summed E-state index contributed by atoms with van der Waals surface area (Å²) in [5.74, 6) is 1.67. The van der Waals surface area contributed by atoms with Crippen molar-refractivity contribution >= 4 is 80.4 Å². The van der Waals surface area contributed by atoms with Crippen molar-refractivity contribution in [2.24, 2.45) is 7.05 Å². The molecular formula is C30H34BrN10O2PS. The number of ether oxygens (including phenoxy) is 1. The standard InChI is InChI=1S/C30H34BrN10O2PS/c1-39-18-19(16-35-39)20-14-24(26(43-2)15-25(20)40-10-12-41(13-11-40)45(5)42)37-30-34-17-21(31)29(38-30)36-23-7-6-22-27(28(23)44(3)4)33-9-8-32-22/h6-9,14-18H,10-13H2,1-5H3,(H2,34,36,37,38). The summed E-state index contributed by atoms with van der Waals surface area (Å²) < 4.78 is 22.4. The van der Waals surface area contributed by atoms with Gasteiger partial charge in [0.1, 0.15) is 17.8 Å². The number of benzene rings is 2. The molecule has 12 nitrogen and oxygen atoms in total. The molecule has 1 unspecified atom stereocenters. The van der Waals surface area contributed by atoms with Gasteiger partial charge in [-0.05, 0) is 47.5 Å². The van der Waals surface area contributed by atoms with Gasteiger partial charge in [-0.2, -0.15) is 10.1 Å². The van der Waals surface area contributed by atoms with Crippen molar-refractivity contribution in [2.45, 2.75) is 0 Å². The number of nitrogens with zero attached hydrogens (tertiary/aromatic N) is 8. The van der Waals surface area contributed by atoms with Crippen molar-refractivity contribution in [3.63, 3.8) is 0 Å². The van der Waals surface area contributed by atoms with Crippen molar-refractivity contribution < 1.29 is 9.29 Å². The van der Waals surface area contributed by atoms with E-state index in [-0.39, 0.29) is 0 Å². The molecular weight excluding hydrogens is 675 g/mol. The fourth-order valence-electron chi connectivity index (χ4n) is 5.41. The van der Waals surface area contributed by atoms with Gasteiger partial charge in [-0.3, -0.25) is 14.6 Å². The van der Waals surface area contributed by atoms with Crippen molar-refractivity contribution in [2.75, 3.05) is 68.4 Å². The molecule has 1 atom stereocenters. The van der Waals surface area contributed by atoms with E-state index in [9.17, 15) is 4.55 Å². The second-order valence-corrected chi connectivity index (χ2v) is 15.2. The van der Waals surface area contributed by atoms with Crippen LogP contribution < -0.4 is 25.6 Å². The Labute approximate surface area is 274 Å². The Bertz CT molecular complexity index is 1830. The monoisotopic (exact) mass is 708 g/mol. The molecule has 0 aliphatic carbocycles. The van der Waals surface area contributed by atoms with Crippen molar-refractivity contribution in [3.05, 3.63) is 59.7 Å². The van der Waals surface area contributed by atoms with Gasteiger partial charge in [-0.25, -0.2) is 4.98 Å². The highest BCUT2D eigenvalue weighted by Gasteiger charge is 2.26.